The van der Waals surface area contributed by atoms with Crippen molar-refractivity contribution >= 4 is 19.4 Å². The van der Waals surface area contributed by atoms with Crippen LogP contribution in [0.2, 0.25) is 6.55 Å². The molecule has 3 heteroatoms. The zero-order valence-corrected chi connectivity index (χ0v) is 4.08. The molecule has 1 radical (unpaired) electrons. The molecule has 1 nitrogen and oxygen atoms in total. The van der Waals surface area contributed by atoms with Crippen LogP contribution in [0, 0.1) is 0 Å². The van der Waals surface area contributed by atoms with Crippen molar-refractivity contribution in [2.24, 2.45) is 0 Å². The largest absolute Gasteiger partial charge is 0.419 e. The summed E-state index contributed by atoms with van der Waals surface area (Å²) in [6, 6.07) is 0. The Hall–Kier alpha value is 0.467. The van der Waals surface area contributed by atoms with Gasteiger partial charge in [-0.15, -0.1) is 11.1 Å². The van der Waals surface area contributed by atoms with Gasteiger partial charge >= 0.3 is 8.35 Å². The summed E-state index contributed by atoms with van der Waals surface area (Å²) in [6.07, 6.45) is 0. The number of hydrogen-bond acceptors (Lipinski definition) is 1. The topological polar surface area (TPSA) is 20.2 Å². The molecule has 0 aliphatic carbocycles. The van der Waals surface area contributed by atoms with Gasteiger partial charge in [0, 0.05) is 0 Å². The Morgan fingerprint density at radius 2 is 2.00 bits per heavy atom. The monoisotopic (exact) mass is 95.0 g/mol. The highest BCUT2D eigenvalue weighted by Crippen LogP contribution is 1.73. The van der Waals surface area contributed by atoms with E-state index in [9.17, 15) is 0 Å². The van der Waals surface area contributed by atoms with Crippen molar-refractivity contribution in [1.29, 1.82) is 0 Å². The third-order valence-corrected chi connectivity index (χ3v) is 0. The summed E-state index contributed by atoms with van der Waals surface area (Å²) in [5.74, 6) is 0. The van der Waals surface area contributed by atoms with Crippen LogP contribution in [0.4, 0.5) is 0 Å². The van der Waals surface area contributed by atoms with Gasteiger partial charge in [-0.2, -0.15) is 0 Å². The van der Waals surface area contributed by atoms with Gasteiger partial charge in [-0.3, -0.25) is 0 Å². The summed E-state index contributed by atoms with van der Waals surface area (Å²) in [6.45, 7) is 1.59. The van der Waals surface area contributed by atoms with Gasteiger partial charge in [-0.05, 0) is 6.55 Å². The molecule has 0 aromatic heterocycles. The molecule has 0 aromatic rings. The summed E-state index contributed by atoms with van der Waals surface area (Å²) in [5, 5.41) is 0. The van der Waals surface area contributed by atoms with E-state index in [4.69, 9.17) is 15.9 Å². The molecule has 0 saturated carbocycles. The van der Waals surface area contributed by atoms with E-state index in [1.165, 1.54) is 0 Å². The molecule has 0 aliphatic heterocycles. The fourth-order valence-electron chi connectivity index (χ4n) is 0. The maximum atomic E-state index is 7.92. The first-order valence-corrected chi connectivity index (χ1v) is 3.87. The Morgan fingerprint density at radius 3 is 2.00 bits per heavy atom. The average molecular weight is 95.6 g/mol. The third kappa shape index (κ3) is 24.4. The highest BCUT2D eigenvalue weighted by atomic mass is 35.6. The molecule has 0 aromatic carbocycles. The highest BCUT2D eigenvalue weighted by molar-refractivity contribution is 7.01. The summed E-state index contributed by atoms with van der Waals surface area (Å²) in [7, 11) is -1.41. The second-order valence-electron chi connectivity index (χ2n) is 0.497. The van der Waals surface area contributed by atoms with Crippen LogP contribution in [-0.4, -0.2) is 13.1 Å². The van der Waals surface area contributed by atoms with Crippen molar-refractivity contribution in [2.75, 3.05) is 0 Å². The molecule has 0 unspecified atom stereocenters. The smallest absolute Gasteiger partial charge is 0.316 e. The molecular weight excluding hydrogens is 91.5 g/mol. The lowest BCUT2D eigenvalue weighted by molar-refractivity contribution is 0.601. The lowest BCUT2D eigenvalue weighted by atomic mass is 11.9. The van der Waals surface area contributed by atoms with Gasteiger partial charge in [-0.25, -0.2) is 0 Å². The maximum Gasteiger partial charge on any atom is 0.316 e. The van der Waals surface area contributed by atoms with Crippen molar-refractivity contribution < 1.29 is 4.80 Å². The number of halogens is 1. The zero-order chi connectivity index (χ0) is 3.58. The van der Waals surface area contributed by atoms with E-state index in [0.29, 0.717) is 0 Å². The van der Waals surface area contributed by atoms with Gasteiger partial charge < -0.3 is 4.80 Å². The second-order valence-corrected chi connectivity index (χ2v) is 3.13. The molecule has 0 aliphatic rings. The van der Waals surface area contributed by atoms with Gasteiger partial charge in [0.25, 0.3) is 0 Å². The standard InChI is InChI=1S/CH4ClOSi/c1-4(2)3/h3H,1H3. The quantitative estimate of drug-likeness (QED) is 0.340. The lowest BCUT2D eigenvalue weighted by Crippen LogP contribution is -1.88. The second kappa shape index (κ2) is 1.76. The van der Waals surface area contributed by atoms with Gasteiger partial charge in [0.15, 0.2) is 0 Å². The normalized spacial score (nSPS) is 9.00. The Balaban J connectivity index is 2.32. The third-order valence-electron chi connectivity index (χ3n) is 0. The fourth-order valence-corrected chi connectivity index (χ4v) is 0. The minimum absolute atomic E-state index is 1.41. The maximum absolute atomic E-state index is 7.92. The first-order chi connectivity index (χ1) is 1.73. The average Bonchev–Trinajstić information content (AvgIpc) is 0.811. The molecular formula is CH4ClOSi. The summed E-state index contributed by atoms with van der Waals surface area (Å²) in [5.41, 5.74) is 0. The van der Waals surface area contributed by atoms with E-state index < -0.39 is 8.35 Å². The van der Waals surface area contributed by atoms with Crippen molar-refractivity contribution in [3.8, 4) is 0 Å². The summed E-state index contributed by atoms with van der Waals surface area (Å²) in [4.78, 5) is 7.92. The zero-order valence-electron chi connectivity index (χ0n) is 2.33. The van der Waals surface area contributed by atoms with Crippen molar-refractivity contribution in [1.82, 2.24) is 0 Å². The Morgan fingerprint density at radius 1 is 2.00 bits per heavy atom. The number of rotatable bonds is 0. The van der Waals surface area contributed by atoms with E-state index in [-0.39, 0.29) is 0 Å². The van der Waals surface area contributed by atoms with Crippen LogP contribution in [0.1, 0.15) is 0 Å². The molecule has 1 N–H and O–H groups in total. The minimum Gasteiger partial charge on any atom is -0.419 e. The summed E-state index contributed by atoms with van der Waals surface area (Å²) < 4.78 is 0. The van der Waals surface area contributed by atoms with Crippen LogP contribution in [0.25, 0.3) is 0 Å². The van der Waals surface area contributed by atoms with E-state index in [1.807, 2.05) is 0 Å². The molecule has 0 amide bonds. The predicted octanol–water partition coefficient (Wildman–Crippen LogP) is 0.335. The predicted molar refractivity (Wildman–Crippen MR) is 19.7 cm³/mol. The van der Waals surface area contributed by atoms with Crippen LogP contribution in [0.15, 0.2) is 0 Å². The van der Waals surface area contributed by atoms with E-state index in [2.05, 4.69) is 0 Å². The van der Waals surface area contributed by atoms with Crippen molar-refractivity contribution in [3.63, 3.8) is 0 Å². The molecule has 25 valence electrons. The van der Waals surface area contributed by atoms with Crippen LogP contribution in [0.3, 0.4) is 0 Å². The Kier molecular flexibility index (Phi) is 1.96. The molecule has 0 atom stereocenters. The van der Waals surface area contributed by atoms with Gasteiger partial charge in [0.1, 0.15) is 0 Å². The highest BCUT2D eigenvalue weighted by Gasteiger charge is 1.82. The van der Waals surface area contributed by atoms with Crippen LogP contribution < -0.4 is 0 Å². The fraction of sp³-hybridized carbons (Fsp3) is 1.00. The molecule has 0 saturated heterocycles. The van der Waals surface area contributed by atoms with Crippen molar-refractivity contribution in [2.45, 2.75) is 6.55 Å². The van der Waals surface area contributed by atoms with Gasteiger partial charge in [0.2, 0.25) is 0 Å². The van der Waals surface area contributed by atoms with Crippen molar-refractivity contribution in [3.05, 3.63) is 0 Å². The van der Waals surface area contributed by atoms with Crippen LogP contribution in [0.5, 0.6) is 0 Å². The molecule has 4 heavy (non-hydrogen) atoms. The molecule has 0 spiro atoms. The van der Waals surface area contributed by atoms with E-state index in [1.54, 1.807) is 6.55 Å². The Labute approximate surface area is 31.6 Å². The molecule has 0 heterocycles. The SMILES string of the molecule is C[Si](O)Cl. The van der Waals surface area contributed by atoms with Crippen LogP contribution in [-0.2, 0) is 0 Å². The lowest BCUT2D eigenvalue weighted by Gasteiger charge is -1.70. The first-order valence-electron chi connectivity index (χ1n) is 0.913. The minimum atomic E-state index is -1.41. The first kappa shape index (κ1) is 4.47. The molecule has 0 bridgehead atoms. The van der Waals surface area contributed by atoms with Crippen LogP contribution >= 0.6 is 11.1 Å². The Bertz CT molecular complexity index is 12.8. The van der Waals surface area contributed by atoms with E-state index in [0.717, 1.165) is 0 Å². The molecule has 0 fully saturated rings. The summed E-state index contributed by atoms with van der Waals surface area (Å²) >= 11 is 4.93. The van der Waals surface area contributed by atoms with E-state index >= 15 is 0 Å². The number of hydrogen-bond donors (Lipinski definition) is 1. The van der Waals surface area contributed by atoms with Gasteiger partial charge in [0.05, 0.1) is 0 Å². The van der Waals surface area contributed by atoms with Gasteiger partial charge in [-0.1, -0.05) is 0 Å². The molecule has 0 rings (SSSR count).